The van der Waals surface area contributed by atoms with Crippen molar-refractivity contribution in [2.24, 2.45) is 0 Å². The number of benzene rings is 3. The van der Waals surface area contributed by atoms with Crippen LogP contribution in [-0.4, -0.2) is 26.8 Å². The molecule has 2 N–H and O–H groups in total. The molecule has 33 heavy (non-hydrogen) atoms. The van der Waals surface area contributed by atoms with Gasteiger partial charge in [-0.3, -0.25) is 9.48 Å². The summed E-state index contributed by atoms with van der Waals surface area (Å²) in [7, 11) is 0. The average Bonchev–Trinajstić information content (AvgIpc) is 3.17. The summed E-state index contributed by atoms with van der Waals surface area (Å²) < 4.78 is 40.4. The number of fused-ring (bicyclic) bond motifs is 1. The zero-order valence-corrected chi connectivity index (χ0v) is 17.3. The molecular formula is C24H18F3N3O3. The molecule has 0 unspecified atom stereocenters. The van der Waals surface area contributed by atoms with Crippen LogP contribution in [0.1, 0.15) is 33.3 Å². The monoisotopic (exact) mass is 453 g/mol. The summed E-state index contributed by atoms with van der Waals surface area (Å²) in [6.07, 6.45) is -4.54. The SMILES string of the molecule is CCn1nc(C(=O)O)c2ccc(-c3cccc(NC(=O)c4cccc(C(F)(F)F)c4)c3)cc21. The van der Waals surface area contributed by atoms with Crippen molar-refractivity contribution in [1.29, 1.82) is 0 Å². The number of aryl methyl sites for hydroxylation is 1. The number of aromatic carboxylic acids is 1. The summed E-state index contributed by atoms with van der Waals surface area (Å²) >= 11 is 0. The Labute approximate surface area is 186 Å². The van der Waals surface area contributed by atoms with Crippen molar-refractivity contribution in [3.05, 3.63) is 83.6 Å². The number of hydrogen-bond donors (Lipinski definition) is 2. The summed E-state index contributed by atoms with van der Waals surface area (Å²) in [6, 6.07) is 16.3. The zero-order valence-electron chi connectivity index (χ0n) is 17.3. The van der Waals surface area contributed by atoms with Gasteiger partial charge >= 0.3 is 12.1 Å². The summed E-state index contributed by atoms with van der Waals surface area (Å²) in [4.78, 5) is 24.0. The minimum Gasteiger partial charge on any atom is -0.476 e. The predicted octanol–water partition coefficient (Wildman–Crippen LogP) is 5.69. The molecule has 3 aromatic carbocycles. The lowest BCUT2D eigenvalue weighted by atomic mass is 10.0. The molecule has 1 amide bonds. The first-order valence-electron chi connectivity index (χ1n) is 10.0. The van der Waals surface area contributed by atoms with Crippen LogP contribution in [0.4, 0.5) is 18.9 Å². The van der Waals surface area contributed by atoms with Gasteiger partial charge in [0.25, 0.3) is 5.91 Å². The van der Waals surface area contributed by atoms with E-state index in [0.29, 0.717) is 23.1 Å². The number of carbonyl (C=O) groups is 2. The van der Waals surface area contributed by atoms with E-state index >= 15 is 0 Å². The first-order chi connectivity index (χ1) is 15.7. The topological polar surface area (TPSA) is 84.2 Å². The third kappa shape index (κ3) is 4.43. The molecule has 0 atom stereocenters. The molecule has 0 radical (unpaired) electrons. The zero-order chi connectivity index (χ0) is 23.8. The quantitative estimate of drug-likeness (QED) is 0.407. The van der Waals surface area contributed by atoms with Crippen LogP contribution in [0.2, 0.25) is 0 Å². The first kappa shape index (κ1) is 22.1. The Morgan fingerprint density at radius 1 is 1.00 bits per heavy atom. The maximum Gasteiger partial charge on any atom is 0.416 e. The van der Waals surface area contributed by atoms with Crippen molar-refractivity contribution < 1.29 is 27.9 Å². The van der Waals surface area contributed by atoms with E-state index in [0.717, 1.165) is 23.3 Å². The fraction of sp³-hybridized carbons (Fsp3) is 0.125. The number of amides is 1. The van der Waals surface area contributed by atoms with E-state index in [2.05, 4.69) is 10.4 Å². The van der Waals surface area contributed by atoms with Gasteiger partial charge in [-0.2, -0.15) is 18.3 Å². The Kier molecular flexibility index (Phi) is 5.63. The maximum atomic E-state index is 12.9. The highest BCUT2D eigenvalue weighted by atomic mass is 19.4. The van der Waals surface area contributed by atoms with Gasteiger partial charge in [0.15, 0.2) is 5.69 Å². The van der Waals surface area contributed by atoms with E-state index in [4.69, 9.17) is 0 Å². The van der Waals surface area contributed by atoms with E-state index in [1.54, 1.807) is 35.0 Å². The van der Waals surface area contributed by atoms with Crippen molar-refractivity contribution >= 4 is 28.5 Å². The summed E-state index contributed by atoms with van der Waals surface area (Å²) in [6.45, 7) is 2.34. The smallest absolute Gasteiger partial charge is 0.416 e. The second-order valence-electron chi connectivity index (χ2n) is 7.31. The Hall–Kier alpha value is -4.14. The van der Waals surface area contributed by atoms with Crippen LogP contribution in [0.15, 0.2) is 66.7 Å². The summed E-state index contributed by atoms with van der Waals surface area (Å²) in [5.74, 6) is -1.77. The molecule has 6 nitrogen and oxygen atoms in total. The number of aromatic nitrogens is 2. The van der Waals surface area contributed by atoms with Crippen LogP contribution < -0.4 is 5.32 Å². The molecule has 0 aliphatic rings. The van der Waals surface area contributed by atoms with Crippen molar-refractivity contribution in [2.45, 2.75) is 19.6 Å². The Balaban J connectivity index is 1.64. The van der Waals surface area contributed by atoms with Crippen molar-refractivity contribution in [1.82, 2.24) is 9.78 Å². The van der Waals surface area contributed by atoms with Crippen molar-refractivity contribution in [3.63, 3.8) is 0 Å². The predicted molar refractivity (Wildman–Crippen MR) is 117 cm³/mol. The van der Waals surface area contributed by atoms with E-state index in [1.807, 2.05) is 19.1 Å². The van der Waals surface area contributed by atoms with E-state index in [9.17, 15) is 27.9 Å². The van der Waals surface area contributed by atoms with Crippen LogP contribution >= 0.6 is 0 Å². The molecule has 1 heterocycles. The van der Waals surface area contributed by atoms with E-state index in [-0.39, 0.29) is 11.3 Å². The number of hydrogen-bond acceptors (Lipinski definition) is 3. The Bertz CT molecular complexity index is 1380. The van der Waals surface area contributed by atoms with Gasteiger partial charge in [0.2, 0.25) is 0 Å². The molecule has 4 aromatic rings. The number of nitrogens with zero attached hydrogens (tertiary/aromatic N) is 2. The van der Waals surface area contributed by atoms with Crippen LogP contribution in [0.25, 0.3) is 22.0 Å². The van der Waals surface area contributed by atoms with Gasteiger partial charge in [0, 0.05) is 23.2 Å². The average molecular weight is 453 g/mol. The largest absolute Gasteiger partial charge is 0.476 e. The summed E-state index contributed by atoms with van der Waals surface area (Å²) in [5, 5.41) is 16.7. The first-order valence-corrected chi connectivity index (χ1v) is 10.0. The maximum absolute atomic E-state index is 12.9. The summed E-state index contributed by atoms with van der Waals surface area (Å²) in [5.41, 5.74) is 1.54. The molecule has 0 aliphatic heterocycles. The molecule has 0 aliphatic carbocycles. The number of anilines is 1. The Morgan fingerprint density at radius 2 is 1.73 bits per heavy atom. The number of carboxylic acid groups (broad SMARTS) is 1. The van der Waals surface area contributed by atoms with Gasteiger partial charge < -0.3 is 10.4 Å². The number of alkyl halides is 3. The molecule has 4 rings (SSSR count). The lowest BCUT2D eigenvalue weighted by Crippen LogP contribution is -2.13. The highest BCUT2D eigenvalue weighted by Crippen LogP contribution is 2.30. The minimum absolute atomic E-state index is 0.0273. The molecule has 0 spiro atoms. The lowest BCUT2D eigenvalue weighted by Gasteiger charge is -2.10. The Morgan fingerprint density at radius 3 is 2.42 bits per heavy atom. The fourth-order valence-electron chi connectivity index (χ4n) is 3.57. The van der Waals surface area contributed by atoms with Gasteiger partial charge in [-0.05, 0) is 60.5 Å². The lowest BCUT2D eigenvalue weighted by molar-refractivity contribution is -0.137. The third-order valence-corrected chi connectivity index (χ3v) is 5.16. The van der Waals surface area contributed by atoms with E-state index in [1.165, 1.54) is 12.1 Å². The standard InChI is InChI=1S/C24H18F3N3O3/c1-2-30-20-13-15(9-10-19(20)21(29-30)23(32)33)14-5-4-8-18(12-14)28-22(31)16-6-3-7-17(11-16)24(25,26)27/h3-13H,2H2,1H3,(H,28,31)(H,32,33). The number of nitrogens with one attached hydrogen (secondary N) is 1. The van der Waals surface area contributed by atoms with Gasteiger partial charge in [0.05, 0.1) is 11.1 Å². The fourth-order valence-corrected chi connectivity index (χ4v) is 3.57. The van der Waals surface area contributed by atoms with Crippen molar-refractivity contribution in [3.8, 4) is 11.1 Å². The molecular weight excluding hydrogens is 435 g/mol. The molecule has 9 heteroatoms. The molecule has 0 saturated carbocycles. The molecule has 0 bridgehead atoms. The number of rotatable bonds is 5. The van der Waals surface area contributed by atoms with Crippen LogP contribution in [-0.2, 0) is 12.7 Å². The molecule has 0 saturated heterocycles. The highest BCUT2D eigenvalue weighted by molar-refractivity contribution is 6.05. The van der Waals surface area contributed by atoms with Crippen LogP contribution in [0.3, 0.4) is 0 Å². The van der Waals surface area contributed by atoms with Crippen molar-refractivity contribution in [2.75, 3.05) is 5.32 Å². The number of carboxylic acids is 1. The minimum atomic E-state index is -4.54. The second kappa shape index (κ2) is 8.42. The van der Waals surface area contributed by atoms with Crippen LogP contribution in [0.5, 0.6) is 0 Å². The normalized spacial score (nSPS) is 11.5. The molecule has 1 aromatic heterocycles. The van der Waals surface area contributed by atoms with Gasteiger partial charge in [0.1, 0.15) is 0 Å². The number of halogens is 3. The third-order valence-electron chi connectivity index (χ3n) is 5.16. The van der Waals surface area contributed by atoms with E-state index < -0.39 is 23.6 Å². The van der Waals surface area contributed by atoms with Crippen LogP contribution in [0, 0.1) is 0 Å². The van der Waals surface area contributed by atoms with Gasteiger partial charge in [-0.1, -0.05) is 24.3 Å². The van der Waals surface area contributed by atoms with Gasteiger partial charge in [-0.15, -0.1) is 0 Å². The molecule has 0 fully saturated rings. The number of carbonyl (C=O) groups excluding carboxylic acids is 1. The second-order valence-corrected chi connectivity index (χ2v) is 7.31. The molecule has 168 valence electrons. The van der Waals surface area contributed by atoms with Gasteiger partial charge in [-0.25, -0.2) is 4.79 Å². The highest BCUT2D eigenvalue weighted by Gasteiger charge is 2.30.